The Hall–Kier alpha value is -2.00. The van der Waals surface area contributed by atoms with E-state index in [1.165, 1.54) is 24.2 Å². The molecule has 0 unspecified atom stereocenters. The van der Waals surface area contributed by atoms with Crippen LogP contribution in [0.25, 0.3) is 0 Å². The Balaban J connectivity index is 1.52. The number of piperidine rings is 1. The van der Waals surface area contributed by atoms with Gasteiger partial charge in [-0.15, -0.1) is 16.4 Å². The van der Waals surface area contributed by atoms with E-state index in [1.807, 2.05) is 5.38 Å². The molecule has 3 heterocycles. The van der Waals surface area contributed by atoms with Crippen LogP contribution in [0.5, 0.6) is 0 Å². The van der Waals surface area contributed by atoms with Gasteiger partial charge in [-0.25, -0.2) is 4.98 Å². The molecule has 2 aromatic rings. The van der Waals surface area contributed by atoms with Crippen molar-refractivity contribution in [3.05, 3.63) is 23.0 Å². The van der Waals surface area contributed by atoms with Crippen molar-refractivity contribution in [3.8, 4) is 0 Å². The summed E-state index contributed by atoms with van der Waals surface area (Å²) in [7, 11) is 0. The lowest BCUT2D eigenvalue weighted by atomic mass is 10.00. The highest BCUT2D eigenvalue weighted by molar-refractivity contribution is 7.13. The van der Waals surface area contributed by atoms with E-state index in [4.69, 9.17) is 5.73 Å². The second kappa shape index (κ2) is 6.84. The molecule has 1 aliphatic rings. The van der Waals surface area contributed by atoms with Gasteiger partial charge in [0.1, 0.15) is 0 Å². The quantitative estimate of drug-likeness (QED) is 0.728. The largest absolute Gasteiger partial charge is 0.375 e. The van der Waals surface area contributed by atoms with Gasteiger partial charge in [0.05, 0.1) is 18.4 Å². The highest BCUT2D eigenvalue weighted by Gasteiger charge is 2.16. The fraction of sp³-hybridized carbons (Fsp3) is 0.538. The fourth-order valence-corrected chi connectivity index (χ4v) is 3.06. The Morgan fingerprint density at radius 3 is 3.23 bits per heavy atom. The number of aromatic nitrogens is 4. The highest BCUT2D eigenvalue weighted by Crippen LogP contribution is 2.12. The molecule has 9 heteroatoms. The average Bonchev–Trinajstić information content (AvgIpc) is 3.15. The number of rotatable bonds is 5. The van der Waals surface area contributed by atoms with Gasteiger partial charge in [0.15, 0.2) is 10.8 Å². The van der Waals surface area contributed by atoms with Crippen molar-refractivity contribution in [1.29, 1.82) is 0 Å². The Labute approximate surface area is 132 Å². The summed E-state index contributed by atoms with van der Waals surface area (Å²) in [5.74, 6) is 0.295. The number of anilines is 1. The first-order valence-corrected chi connectivity index (χ1v) is 8.17. The summed E-state index contributed by atoms with van der Waals surface area (Å²) in [4.78, 5) is 16.1. The molecule has 0 aliphatic carbocycles. The van der Waals surface area contributed by atoms with Gasteiger partial charge in [-0.3, -0.25) is 9.48 Å². The van der Waals surface area contributed by atoms with Crippen LogP contribution in [0.3, 0.4) is 0 Å². The van der Waals surface area contributed by atoms with Gasteiger partial charge in [-0.1, -0.05) is 5.21 Å². The molecular weight excluding hydrogens is 302 g/mol. The van der Waals surface area contributed by atoms with Crippen molar-refractivity contribution in [2.24, 2.45) is 5.92 Å². The second-order valence-corrected chi connectivity index (χ2v) is 6.29. The maximum absolute atomic E-state index is 12.0. The number of nitrogens with one attached hydrogen (secondary N) is 2. The van der Waals surface area contributed by atoms with Crippen LogP contribution in [-0.2, 0) is 13.1 Å². The lowest BCUT2D eigenvalue weighted by Crippen LogP contribution is -2.32. The van der Waals surface area contributed by atoms with Crippen molar-refractivity contribution < 1.29 is 4.79 Å². The van der Waals surface area contributed by atoms with Crippen molar-refractivity contribution >= 4 is 22.4 Å². The number of hydrogen-bond donors (Lipinski definition) is 3. The van der Waals surface area contributed by atoms with Crippen molar-refractivity contribution in [3.63, 3.8) is 0 Å². The third-order valence-electron chi connectivity index (χ3n) is 3.62. The molecule has 1 amide bonds. The van der Waals surface area contributed by atoms with Crippen LogP contribution in [0.1, 0.15) is 29.0 Å². The van der Waals surface area contributed by atoms with Gasteiger partial charge < -0.3 is 16.4 Å². The lowest BCUT2D eigenvalue weighted by molar-refractivity contribution is 0.0945. The molecule has 1 saturated heterocycles. The predicted molar refractivity (Wildman–Crippen MR) is 83.3 cm³/mol. The summed E-state index contributed by atoms with van der Waals surface area (Å²) >= 11 is 1.35. The Morgan fingerprint density at radius 1 is 1.59 bits per heavy atom. The molecule has 1 aliphatic heterocycles. The van der Waals surface area contributed by atoms with Gasteiger partial charge in [0.25, 0.3) is 5.91 Å². The van der Waals surface area contributed by atoms with E-state index in [0.29, 0.717) is 23.3 Å². The predicted octanol–water partition coefficient (Wildman–Crippen LogP) is 0.246. The molecule has 1 fully saturated rings. The summed E-state index contributed by atoms with van der Waals surface area (Å²) < 4.78 is 1.74. The minimum Gasteiger partial charge on any atom is -0.375 e. The van der Waals surface area contributed by atoms with Crippen LogP contribution in [0.2, 0.25) is 0 Å². The number of nitrogens with zero attached hydrogens (tertiary/aromatic N) is 4. The van der Waals surface area contributed by atoms with Crippen LogP contribution in [-0.4, -0.2) is 39.0 Å². The minimum atomic E-state index is -0.250. The molecule has 1 atom stereocenters. The summed E-state index contributed by atoms with van der Waals surface area (Å²) in [5.41, 5.74) is 6.62. The first-order chi connectivity index (χ1) is 10.7. The summed E-state index contributed by atoms with van der Waals surface area (Å²) in [6.45, 7) is 3.21. The lowest BCUT2D eigenvalue weighted by Gasteiger charge is -2.22. The third kappa shape index (κ3) is 3.80. The molecule has 4 N–H and O–H groups in total. The Kier molecular flexibility index (Phi) is 4.64. The first kappa shape index (κ1) is 14.9. The van der Waals surface area contributed by atoms with E-state index < -0.39 is 0 Å². The van der Waals surface area contributed by atoms with Crippen molar-refractivity contribution in [2.75, 3.05) is 18.8 Å². The number of carbonyl (C=O) groups is 1. The smallest absolute Gasteiger partial charge is 0.273 e. The molecule has 0 spiro atoms. The molecule has 22 heavy (non-hydrogen) atoms. The van der Waals surface area contributed by atoms with Gasteiger partial charge in [-0.05, 0) is 31.8 Å². The number of nitrogen functional groups attached to an aromatic ring is 1. The van der Waals surface area contributed by atoms with E-state index in [-0.39, 0.29) is 5.91 Å². The number of amides is 1. The Morgan fingerprint density at radius 2 is 2.50 bits per heavy atom. The monoisotopic (exact) mass is 321 g/mol. The topological polar surface area (TPSA) is 111 Å². The van der Waals surface area contributed by atoms with Crippen LogP contribution in [0.4, 0.5) is 5.13 Å². The van der Waals surface area contributed by atoms with Crippen molar-refractivity contribution in [1.82, 2.24) is 30.6 Å². The van der Waals surface area contributed by atoms with E-state index in [0.717, 1.165) is 25.3 Å². The molecular formula is C13H19N7OS. The van der Waals surface area contributed by atoms with Crippen LogP contribution < -0.4 is 16.4 Å². The SMILES string of the molecule is Nc1nc(CNC(=O)c2cn(C[C@H]3CCCNC3)nn2)cs1. The average molecular weight is 321 g/mol. The van der Waals surface area contributed by atoms with Gasteiger partial charge >= 0.3 is 0 Å². The zero-order valence-electron chi connectivity index (χ0n) is 12.2. The summed E-state index contributed by atoms with van der Waals surface area (Å²) in [6, 6.07) is 0. The maximum atomic E-state index is 12.0. The zero-order valence-corrected chi connectivity index (χ0v) is 13.0. The van der Waals surface area contributed by atoms with Crippen molar-refractivity contribution in [2.45, 2.75) is 25.9 Å². The van der Waals surface area contributed by atoms with E-state index in [2.05, 4.69) is 25.9 Å². The summed E-state index contributed by atoms with van der Waals surface area (Å²) in [6.07, 6.45) is 4.06. The van der Waals surface area contributed by atoms with Crippen LogP contribution in [0.15, 0.2) is 11.6 Å². The molecule has 0 radical (unpaired) electrons. The maximum Gasteiger partial charge on any atom is 0.273 e. The summed E-state index contributed by atoms with van der Waals surface area (Å²) in [5, 5.41) is 16.4. The molecule has 3 rings (SSSR count). The minimum absolute atomic E-state index is 0.250. The first-order valence-electron chi connectivity index (χ1n) is 7.29. The number of hydrogen-bond acceptors (Lipinski definition) is 7. The van der Waals surface area contributed by atoms with E-state index in [9.17, 15) is 4.79 Å². The van der Waals surface area contributed by atoms with Gasteiger partial charge in [0.2, 0.25) is 0 Å². The Bertz CT molecular complexity index is 632. The molecule has 0 bridgehead atoms. The standard InChI is InChI=1S/C13H19N7OS/c14-13-17-10(8-22-13)5-16-12(21)11-7-20(19-18-11)6-9-2-1-3-15-4-9/h7-9,15H,1-6H2,(H2,14,17)(H,16,21)/t9-/m0/s1. The van der Waals surface area contributed by atoms with E-state index in [1.54, 1.807) is 10.9 Å². The van der Waals surface area contributed by atoms with Crippen LogP contribution >= 0.6 is 11.3 Å². The van der Waals surface area contributed by atoms with Gasteiger partial charge in [0, 0.05) is 11.9 Å². The molecule has 8 nitrogen and oxygen atoms in total. The number of nitrogens with two attached hydrogens (primary N) is 1. The number of carbonyl (C=O) groups excluding carboxylic acids is 1. The normalized spacial score (nSPS) is 18.3. The number of thiazole rings is 1. The van der Waals surface area contributed by atoms with Gasteiger partial charge in [-0.2, -0.15) is 0 Å². The van der Waals surface area contributed by atoms with Crippen LogP contribution in [0, 0.1) is 5.92 Å². The molecule has 2 aromatic heterocycles. The fourth-order valence-electron chi connectivity index (χ4n) is 2.50. The second-order valence-electron chi connectivity index (χ2n) is 5.40. The highest BCUT2D eigenvalue weighted by atomic mass is 32.1. The molecule has 0 aromatic carbocycles. The molecule has 118 valence electrons. The third-order valence-corrected chi connectivity index (χ3v) is 4.34. The molecule has 0 saturated carbocycles. The zero-order chi connectivity index (χ0) is 15.4. The van der Waals surface area contributed by atoms with E-state index >= 15 is 0 Å².